The highest BCUT2D eigenvalue weighted by molar-refractivity contribution is 9.11. The van der Waals surface area contributed by atoms with Crippen LogP contribution in [0.1, 0.15) is 20.3 Å². The van der Waals surface area contributed by atoms with Gasteiger partial charge in [-0.3, -0.25) is 0 Å². The molecule has 0 N–H and O–H groups in total. The predicted octanol–water partition coefficient (Wildman–Crippen LogP) is 3.89. The molecule has 6 unspecified atom stereocenters. The molecular weight excluding hydrogens is 364 g/mol. The van der Waals surface area contributed by atoms with Gasteiger partial charge in [0.2, 0.25) is 0 Å². The second-order valence-electron chi connectivity index (χ2n) is 6.84. The number of fused-ring (bicyclic) bond motifs is 5. The Morgan fingerprint density at radius 3 is 1.71 bits per heavy atom. The molecule has 0 radical (unpaired) electrons. The monoisotopic (exact) mass is 386 g/mol. The normalized spacial score (nSPS) is 36.2. The zero-order valence-corrected chi connectivity index (χ0v) is 16.3. The molecule has 1 heterocycles. The maximum absolute atomic E-state index is 11.8. The van der Waals surface area contributed by atoms with Crippen LogP contribution in [0.4, 0.5) is 0 Å². The Labute approximate surface area is 154 Å². The number of carbonyl (C=O) groups is 2. The molecule has 3 aliphatic rings. The number of esters is 2. The van der Waals surface area contributed by atoms with Crippen molar-refractivity contribution in [3.63, 3.8) is 0 Å². The number of ether oxygens (including phenoxy) is 2. The molecule has 0 aromatic heterocycles. The third kappa shape index (κ3) is 3.40. The molecule has 4 nitrogen and oxygen atoms in total. The van der Waals surface area contributed by atoms with Gasteiger partial charge in [0.1, 0.15) is 0 Å². The van der Waals surface area contributed by atoms with Crippen molar-refractivity contribution < 1.29 is 19.1 Å². The third-order valence-electron chi connectivity index (χ3n) is 5.17. The molecule has 0 aromatic carbocycles. The lowest BCUT2D eigenvalue weighted by atomic mass is 9.79. The molecule has 1 saturated heterocycles. The Balaban J connectivity index is 1.68. The fourth-order valence-electron chi connectivity index (χ4n) is 3.99. The number of carbonyl (C=O) groups excluding carboxylic acids is 2. The minimum Gasteiger partial charge on any atom is -0.462 e. The average Bonchev–Trinajstić information content (AvgIpc) is 3.20. The van der Waals surface area contributed by atoms with Crippen LogP contribution in [0.2, 0.25) is 0 Å². The Hall–Kier alpha value is -0.530. The van der Waals surface area contributed by atoms with Crippen molar-refractivity contribution >= 4 is 43.4 Å². The smallest absolute Gasteiger partial charge is 0.333 e. The number of hydrogen-bond acceptors (Lipinski definition) is 7. The minimum absolute atomic E-state index is 0.254. The second-order valence-corrected chi connectivity index (χ2v) is 11.2. The Morgan fingerprint density at radius 2 is 1.33 bits per heavy atom. The summed E-state index contributed by atoms with van der Waals surface area (Å²) >= 11 is 0. The molecule has 2 aliphatic carbocycles. The maximum Gasteiger partial charge on any atom is 0.333 e. The van der Waals surface area contributed by atoms with Crippen LogP contribution in [0.15, 0.2) is 24.3 Å². The predicted molar refractivity (Wildman–Crippen MR) is 100 cm³/mol. The van der Waals surface area contributed by atoms with Crippen molar-refractivity contribution in [2.45, 2.75) is 30.8 Å². The van der Waals surface area contributed by atoms with Crippen LogP contribution in [0.5, 0.6) is 0 Å². The molecule has 6 atom stereocenters. The fraction of sp³-hybridized carbons (Fsp3) is 0.647. The zero-order valence-electron chi connectivity index (χ0n) is 13.9. The van der Waals surface area contributed by atoms with Crippen LogP contribution in [0.25, 0.3) is 0 Å². The van der Waals surface area contributed by atoms with Crippen LogP contribution in [-0.2, 0) is 19.1 Å². The molecule has 2 saturated carbocycles. The van der Waals surface area contributed by atoms with Crippen LogP contribution in [-0.4, -0.2) is 35.7 Å². The average molecular weight is 387 g/mol. The van der Waals surface area contributed by atoms with E-state index in [0.29, 0.717) is 46.7 Å². The largest absolute Gasteiger partial charge is 0.462 e. The molecule has 2 bridgehead atoms. The lowest BCUT2D eigenvalue weighted by Gasteiger charge is -2.36. The standard InChI is InChI=1S/C17H22O4S3/c1-8(2)16(18)20-6-12-10-5-11(15-14(10)22-24-23-15)13(12)7-21-17(19)9(3)4/h10-15H,1,3,5-7H2,2,4H3. The molecular formula is C17H22O4S3. The SMILES string of the molecule is C=C(C)C(=O)OCC1C(COC(=O)C(=C)C)C2CC1C1SSSC21. The molecule has 0 aromatic rings. The van der Waals surface area contributed by atoms with Crippen molar-refractivity contribution in [2.75, 3.05) is 13.2 Å². The van der Waals surface area contributed by atoms with E-state index in [1.165, 1.54) is 0 Å². The van der Waals surface area contributed by atoms with E-state index in [4.69, 9.17) is 9.47 Å². The van der Waals surface area contributed by atoms with Gasteiger partial charge >= 0.3 is 11.9 Å². The van der Waals surface area contributed by atoms with E-state index in [0.717, 1.165) is 6.42 Å². The molecule has 3 rings (SSSR count). The van der Waals surface area contributed by atoms with Gasteiger partial charge in [0, 0.05) is 33.5 Å². The Kier molecular flexibility index (Phi) is 5.62. The summed E-state index contributed by atoms with van der Waals surface area (Å²) in [6, 6.07) is 0. The molecule has 0 amide bonds. The van der Waals surface area contributed by atoms with E-state index in [-0.39, 0.29) is 23.8 Å². The van der Waals surface area contributed by atoms with Crippen LogP contribution in [0.3, 0.4) is 0 Å². The summed E-state index contributed by atoms with van der Waals surface area (Å²) in [6.07, 6.45) is 1.14. The van der Waals surface area contributed by atoms with Gasteiger partial charge in [-0.05, 0) is 41.9 Å². The molecule has 132 valence electrons. The second kappa shape index (κ2) is 7.38. The van der Waals surface area contributed by atoms with Gasteiger partial charge < -0.3 is 9.47 Å². The van der Waals surface area contributed by atoms with E-state index in [9.17, 15) is 9.59 Å². The van der Waals surface area contributed by atoms with Gasteiger partial charge in [-0.25, -0.2) is 9.59 Å². The summed E-state index contributed by atoms with van der Waals surface area (Å²) in [4.78, 5) is 23.5. The van der Waals surface area contributed by atoms with Crippen molar-refractivity contribution in [3.8, 4) is 0 Å². The highest BCUT2D eigenvalue weighted by atomic mass is 33.5. The van der Waals surface area contributed by atoms with Gasteiger partial charge in [0.15, 0.2) is 0 Å². The van der Waals surface area contributed by atoms with E-state index >= 15 is 0 Å². The summed E-state index contributed by atoms with van der Waals surface area (Å²) in [5, 5.41) is 1.23. The first-order chi connectivity index (χ1) is 11.4. The summed E-state index contributed by atoms with van der Waals surface area (Å²) in [6.45, 7) is 11.4. The maximum atomic E-state index is 11.8. The van der Waals surface area contributed by atoms with Crippen molar-refractivity contribution in [1.29, 1.82) is 0 Å². The van der Waals surface area contributed by atoms with Crippen molar-refractivity contribution in [1.82, 2.24) is 0 Å². The van der Waals surface area contributed by atoms with E-state index in [2.05, 4.69) is 13.2 Å². The van der Waals surface area contributed by atoms with Crippen molar-refractivity contribution in [3.05, 3.63) is 24.3 Å². The van der Waals surface area contributed by atoms with Crippen molar-refractivity contribution in [2.24, 2.45) is 23.7 Å². The molecule has 1 aliphatic heterocycles. The quantitative estimate of drug-likeness (QED) is 0.390. The zero-order chi connectivity index (χ0) is 17.4. The van der Waals surface area contributed by atoms with Gasteiger partial charge in [-0.15, -0.1) is 0 Å². The summed E-state index contributed by atoms with van der Waals surface area (Å²) in [7, 11) is 5.77. The van der Waals surface area contributed by atoms with Crippen LogP contribution >= 0.6 is 31.4 Å². The molecule has 24 heavy (non-hydrogen) atoms. The first-order valence-electron chi connectivity index (χ1n) is 8.04. The fourth-order valence-corrected chi connectivity index (χ4v) is 10.8. The Bertz CT molecular complexity index is 528. The van der Waals surface area contributed by atoms with Gasteiger partial charge in [-0.1, -0.05) is 34.7 Å². The van der Waals surface area contributed by atoms with Gasteiger partial charge in [0.25, 0.3) is 0 Å². The number of hydrogen-bond donors (Lipinski definition) is 0. The molecule has 3 fully saturated rings. The van der Waals surface area contributed by atoms with Gasteiger partial charge in [0.05, 0.1) is 13.2 Å². The van der Waals surface area contributed by atoms with Gasteiger partial charge in [-0.2, -0.15) is 0 Å². The minimum atomic E-state index is -0.338. The van der Waals surface area contributed by atoms with E-state index in [1.807, 2.05) is 31.4 Å². The lowest BCUT2D eigenvalue weighted by molar-refractivity contribution is -0.145. The summed E-state index contributed by atoms with van der Waals surface area (Å²) < 4.78 is 10.9. The molecule has 7 heteroatoms. The third-order valence-corrected chi connectivity index (χ3v) is 10.5. The van der Waals surface area contributed by atoms with Crippen LogP contribution in [0, 0.1) is 23.7 Å². The highest BCUT2D eigenvalue weighted by Gasteiger charge is 2.61. The molecule has 0 spiro atoms. The number of rotatable bonds is 6. The topological polar surface area (TPSA) is 52.6 Å². The van der Waals surface area contributed by atoms with Crippen LogP contribution < -0.4 is 0 Å². The Morgan fingerprint density at radius 1 is 0.917 bits per heavy atom. The van der Waals surface area contributed by atoms with E-state index < -0.39 is 0 Å². The van der Waals surface area contributed by atoms with E-state index in [1.54, 1.807) is 13.8 Å². The highest BCUT2D eigenvalue weighted by Crippen LogP contribution is 2.68. The summed E-state index contributed by atoms with van der Waals surface area (Å²) in [5.41, 5.74) is 0.838. The first-order valence-corrected chi connectivity index (χ1v) is 11.6. The first kappa shape index (κ1) is 18.3. The summed E-state index contributed by atoms with van der Waals surface area (Å²) in [5.74, 6) is 0.885. The lowest BCUT2D eigenvalue weighted by Crippen LogP contribution is -2.41.